The Kier molecular flexibility index (Phi) is 5.65. The smallest absolute Gasteiger partial charge is 0.0233 e. The lowest BCUT2D eigenvalue weighted by Crippen LogP contribution is -2.27. The van der Waals surface area contributed by atoms with E-state index in [1.54, 1.807) is 5.57 Å². The van der Waals surface area contributed by atoms with Crippen LogP contribution in [0.3, 0.4) is 0 Å². The van der Waals surface area contributed by atoms with Gasteiger partial charge in [0.1, 0.15) is 0 Å². The Balaban J connectivity index is 1.95. The van der Waals surface area contributed by atoms with Gasteiger partial charge in [-0.15, -0.1) is 0 Å². The summed E-state index contributed by atoms with van der Waals surface area (Å²) in [6.07, 6.45) is 7.62. The lowest BCUT2D eigenvalue weighted by Gasteiger charge is -2.23. The second-order valence-corrected chi connectivity index (χ2v) is 5.79. The molecule has 1 aliphatic rings. The number of hydrogen-bond donors (Lipinski definition) is 0. The molecule has 1 atom stereocenters. The van der Waals surface area contributed by atoms with Crippen LogP contribution in [0.4, 0.5) is 0 Å². The van der Waals surface area contributed by atoms with Crippen LogP contribution in [0.2, 0.25) is 0 Å². The molecule has 1 saturated heterocycles. The molecule has 1 nitrogen and oxygen atoms in total. The molecule has 0 bridgehead atoms. The zero-order valence-electron chi connectivity index (χ0n) is 12.4. The van der Waals surface area contributed by atoms with Crippen molar-refractivity contribution >= 4 is 0 Å². The van der Waals surface area contributed by atoms with Gasteiger partial charge in [0.25, 0.3) is 0 Å². The van der Waals surface area contributed by atoms with Gasteiger partial charge in [0.15, 0.2) is 0 Å². The SMILES string of the molecule is CCC/C=C1\CCCN(Cc2ccccc2)CC1C. The fraction of sp³-hybridized carbons (Fsp3) is 0.556. The molecule has 0 saturated carbocycles. The van der Waals surface area contributed by atoms with Gasteiger partial charge in [0, 0.05) is 13.1 Å². The average molecular weight is 257 g/mol. The van der Waals surface area contributed by atoms with Gasteiger partial charge in [-0.1, -0.05) is 62.2 Å². The van der Waals surface area contributed by atoms with E-state index >= 15 is 0 Å². The topological polar surface area (TPSA) is 3.24 Å². The lowest BCUT2D eigenvalue weighted by atomic mass is 9.96. The normalized spacial score (nSPS) is 23.5. The summed E-state index contributed by atoms with van der Waals surface area (Å²) < 4.78 is 0. The molecule has 104 valence electrons. The minimum atomic E-state index is 0.720. The molecule has 0 N–H and O–H groups in total. The highest BCUT2D eigenvalue weighted by atomic mass is 15.1. The summed E-state index contributed by atoms with van der Waals surface area (Å²) in [5.41, 5.74) is 3.13. The molecule has 0 aliphatic carbocycles. The number of unbranched alkanes of at least 4 members (excludes halogenated alkanes) is 1. The van der Waals surface area contributed by atoms with E-state index in [2.05, 4.69) is 55.2 Å². The van der Waals surface area contributed by atoms with Crippen molar-refractivity contribution in [1.82, 2.24) is 4.90 Å². The monoisotopic (exact) mass is 257 g/mol. The molecule has 0 amide bonds. The van der Waals surface area contributed by atoms with Crippen LogP contribution < -0.4 is 0 Å². The Labute approximate surface area is 118 Å². The van der Waals surface area contributed by atoms with Crippen molar-refractivity contribution in [3.8, 4) is 0 Å². The first-order chi connectivity index (χ1) is 9.29. The second kappa shape index (κ2) is 7.49. The zero-order valence-corrected chi connectivity index (χ0v) is 12.4. The Morgan fingerprint density at radius 2 is 2.05 bits per heavy atom. The van der Waals surface area contributed by atoms with Crippen LogP contribution in [-0.4, -0.2) is 18.0 Å². The number of rotatable bonds is 4. The summed E-state index contributed by atoms with van der Waals surface area (Å²) >= 11 is 0. The van der Waals surface area contributed by atoms with E-state index in [1.165, 1.54) is 44.3 Å². The highest BCUT2D eigenvalue weighted by molar-refractivity contribution is 5.15. The second-order valence-electron chi connectivity index (χ2n) is 5.79. The molecule has 1 aliphatic heterocycles. The molecule has 2 rings (SSSR count). The van der Waals surface area contributed by atoms with E-state index in [9.17, 15) is 0 Å². The predicted molar refractivity (Wildman–Crippen MR) is 83.1 cm³/mol. The van der Waals surface area contributed by atoms with Crippen molar-refractivity contribution in [2.75, 3.05) is 13.1 Å². The minimum absolute atomic E-state index is 0.720. The maximum atomic E-state index is 2.62. The summed E-state index contributed by atoms with van der Waals surface area (Å²) in [5.74, 6) is 0.720. The summed E-state index contributed by atoms with van der Waals surface area (Å²) in [7, 11) is 0. The molecule has 1 heterocycles. The summed E-state index contributed by atoms with van der Waals surface area (Å²) in [5, 5.41) is 0. The molecule has 1 aromatic rings. The standard InChI is InChI=1S/C18H27N/c1-3-4-11-18-12-8-13-19(14-16(18)2)15-17-9-6-5-7-10-17/h5-7,9-11,16H,3-4,8,12-15H2,1-2H3/b18-11+. The van der Waals surface area contributed by atoms with Crippen molar-refractivity contribution in [3.63, 3.8) is 0 Å². The van der Waals surface area contributed by atoms with Gasteiger partial charge in [-0.2, -0.15) is 0 Å². The molecular formula is C18H27N. The number of allylic oxidation sites excluding steroid dienone is 1. The first-order valence-corrected chi connectivity index (χ1v) is 7.74. The highest BCUT2D eigenvalue weighted by Gasteiger charge is 2.18. The van der Waals surface area contributed by atoms with E-state index in [-0.39, 0.29) is 0 Å². The summed E-state index contributed by atoms with van der Waals surface area (Å²) in [6, 6.07) is 10.9. The van der Waals surface area contributed by atoms with E-state index in [0.29, 0.717) is 0 Å². The number of likely N-dealkylation sites (tertiary alicyclic amines) is 1. The largest absolute Gasteiger partial charge is 0.298 e. The van der Waals surface area contributed by atoms with Crippen LogP contribution in [0.15, 0.2) is 42.0 Å². The van der Waals surface area contributed by atoms with Gasteiger partial charge < -0.3 is 0 Å². The Morgan fingerprint density at radius 3 is 2.79 bits per heavy atom. The number of hydrogen-bond acceptors (Lipinski definition) is 1. The quantitative estimate of drug-likeness (QED) is 0.710. The lowest BCUT2D eigenvalue weighted by molar-refractivity contribution is 0.255. The molecular weight excluding hydrogens is 230 g/mol. The van der Waals surface area contributed by atoms with Gasteiger partial charge >= 0.3 is 0 Å². The third-order valence-corrected chi connectivity index (χ3v) is 4.05. The van der Waals surface area contributed by atoms with Crippen molar-refractivity contribution in [3.05, 3.63) is 47.5 Å². The molecule has 0 radical (unpaired) electrons. The Bertz CT molecular complexity index is 393. The molecule has 1 fully saturated rings. The fourth-order valence-electron chi connectivity index (χ4n) is 2.97. The van der Waals surface area contributed by atoms with Gasteiger partial charge in [-0.25, -0.2) is 0 Å². The van der Waals surface area contributed by atoms with Crippen LogP contribution in [0, 0.1) is 5.92 Å². The van der Waals surface area contributed by atoms with E-state index in [0.717, 1.165) is 12.5 Å². The van der Waals surface area contributed by atoms with E-state index in [1.807, 2.05) is 0 Å². The van der Waals surface area contributed by atoms with Crippen LogP contribution >= 0.6 is 0 Å². The Morgan fingerprint density at radius 1 is 1.26 bits per heavy atom. The maximum Gasteiger partial charge on any atom is 0.0233 e. The van der Waals surface area contributed by atoms with Crippen molar-refractivity contribution in [2.24, 2.45) is 5.92 Å². The van der Waals surface area contributed by atoms with Crippen molar-refractivity contribution in [2.45, 2.75) is 46.1 Å². The third-order valence-electron chi connectivity index (χ3n) is 4.05. The molecule has 19 heavy (non-hydrogen) atoms. The van der Waals surface area contributed by atoms with Gasteiger partial charge in [0.05, 0.1) is 0 Å². The predicted octanol–water partition coefficient (Wildman–Crippen LogP) is 4.65. The molecule has 0 spiro atoms. The van der Waals surface area contributed by atoms with E-state index in [4.69, 9.17) is 0 Å². The molecule has 0 aromatic heterocycles. The van der Waals surface area contributed by atoms with Crippen molar-refractivity contribution in [1.29, 1.82) is 0 Å². The minimum Gasteiger partial charge on any atom is -0.298 e. The zero-order chi connectivity index (χ0) is 13.5. The third kappa shape index (κ3) is 4.50. The average Bonchev–Trinajstić information content (AvgIpc) is 2.59. The van der Waals surface area contributed by atoms with Crippen LogP contribution in [0.25, 0.3) is 0 Å². The molecule has 1 aromatic carbocycles. The van der Waals surface area contributed by atoms with Gasteiger partial charge in [-0.3, -0.25) is 4.90 Å². The maximum absolute atomic E-state index is 2.62. The van der Waals surface area contributed by atoms with Crippen LogP contribution in [0.5, 0.6) is 0 Å². The van der Waals surface area contributed by atoms with Crippen LogP contribution in [0.1, 0.15) is 45.1 Å². The summed E-state index contributed by atoms with van der Waals surface area (Å²) in [4.78, 5) is 2.62. The first kappa shape index (κ1) is 14.3. The van der Waals surface area contributed by atoms with Crippen molar-refractivity contribution < 1.29 is 0 Å². The van der Waals surface area contributed by atoms with E-state index < -0.39 is 0 Å². The number of nitrogens with zero attached hydrogens (tertiary/aromatic N) is 1. The van der Waals surface area contributed by atoms with Gasteiger partial charge in [-0.05, 0) is 37.3 Å². The van der Waals surface area contributed by atoms with Crippen LogP contribution in [-0.2, 0) is 6.54 Å². The number of benzene rings is 1. The fourth-order valence-corrected chi connectivity index (χ4v) is 2.97. The Hall–Kier alpha value is -1.08. The first-order valence-electron chi connectivity index (χ1n) is 7.74. The molecule has 1 heteroatoms. The summed E-state index contributed by atoms with van der Waals surface area (Å²) in [6.45, 7) is 8.21. The van der Waals surface area contributed by atoms with Gasteiger partial charge in [0.2, 0.25) is 0 Å². The highest BCUT2D eigenvalue weighted by Crippen LogP contribution is 2.24. The molecule has 1 unspecified atom stereocenters.